The molecule has 1 fully saturated rings. The SMILES string of the molecule is CC(=O)c1ccc(N2CCC(CC(=O)N(C)CCCN(C)C)CC2)cc1. The molecule has 2 rings (SSSR count). The Hall–Kier alpha value is -1.88. The number of piperidine rings is 1. The minimum Gasteiger partial charge on any atom is -0.372 e. The molecule has 0 radical (unpaired) electrons. The summed E-state index contributed by atoms with van der Waals surface area (Å²) in [4.78, 5) is 30.2. The van der Waals surface area contributed by atoms with Crippen molar-refractivity contribution in [2.24, 2.45) is 5.92 Å². The van der Waals surface area contributed by atoms with Crippen LogP contribution < -0.4 is 4.90 Å². The van der Waals surface area contributed by atoms with Crippen LogP contribution in [-0.2, 0) is 4.79 Å². The van der Waals surface area contributed by atoms with Crippen LogP contribution in [0.3, 0.4) is 0 Å². The number of rotatable bonds is 8. The predicted octanol–water partition coefficient (Wildman–Crippen LogP) is 2.91. The summed E-state index contributed by atoms with van der Waals surface area (Å²) >= 11 is 0. The summed E-state index contributed by atoms with van der Waals surface area (Å²) in [6.07, 6.45) is 3.77. The molecule has 144 valence electrons. The molecule has 1 amide bonds. The first-order valence-electron chi connectivity index (χ1n) is 9.61. The van der Waals surface area contributed by atoms with Gasteiger partial charge in [0.05, 0.1) is 0 Å². The minimum atomic E-state index is 0.100. The van der Waals surface area contributed by atoms with Crippen LogP contribution in [0.4, 0.5) is 5.69 Å². The van der Waals surface area contributed by atoms with Crippen molar-refractivity contribution in [1.29, 1.82) is 0 Å². The van der Waals surface area contributed by atoms with Gasteiger partial charge in [0.25, 0.3) is 0 Å². The van der Waals surface area contributed by atoms with Crippen molar-refractivity contribution in [2.75, 3.05) is 52.2 Å². The highest BCUT2D eigenvalue weighted by Crippen LogP contribution is 2.26. The third-order valence-electron chi connectivity index (χ3n) is 5.24. The number of carbonyl (C=O) groups is 2. The molecular weight excluding hydrogens is 326 g/mol. The van der Waals surface area contributed by atoms with E-state index in [-0.39, 0.29) is 11.7 Å². The van der Waals surface area contributed by atoms with Crippen LogP contribution in [0.5, 0.6) is 0 Å². The largest absolute Gasteiger partial charge is 0.372 e. The molecule has 0 aliphatic carbocycles. The van der Waals surface area contributed by atoms with E-state index in [2.05, 4.69) is 23.9 Å². The van der Waals surface area contributed by atoms with Gasteiger partial charge in [-0.15, -0.1) is 0 Å². The summed E-state index contributed by atoms with van der Waals surface area (Å²) < 4.78 is 0. The fraction of sp³-hybridized carbons (Fsp3) is 0.619. The molecule has 0 bridgehead atoms. The Morgan fingerprint density at radius 1 is 1.04 bits per heavy atom. The van der Waals surface area contributed by atoms with Crippen molar-refractivity contribution in [3.8, 4) is 0 Å². The average Bonchev–Trinajstić information content (AvgIpc) is 2.62. The number of hydrogen-bond donors (Lipinski definition) is 0. The topological polar surface area (TPSA) is 43.9 Å². The Labute approximate surface area is 158 Å². The number of benzene rings is 1. The van der Waals surface area contributed by atoms with E-state index < -0.39 is 0 Å². The molecule has 1 aliphatic rings. The van der Waals surface area contributed by atoms with Crippen LogP contribution in [0.2, 0.25) is 0 Å². The molecule has 0 spiro atoms. The quantitative estimate of drug-likeness (QED) is 0.670. The average molecular weight is 360 g/mol. The molecule has 5 nitrogen and oxygen atoms in total. The zero-order valence-electron chi connectivity index (χ0n) is 16.7. The smallest absolute Gasteiger partial charge is 0.222 e. The van der Waals surface area contributed by atoms with Gasteiger partial charge in [-0.3, -0.25) is 9.59 Å². The summed E-state index contributed by atoms with van der Waals surface area (Å²) in [6.45, 7) is 5.38. The highest BCUT2D eigenvalue weighted by atomic mass is 16.2. The molecule has 1 aromatic rings. The zero-order valence-corrected chi connectivity index (χ0v) is 16.7. The molecular formula is C21H33N3O2. The lowest BCUT2D eigenvalue weighted by Crippen LogP contribution is -2.37. The van der Waals surface area contributed by atoms with Crippen molar-refractivity contribution < 1.29 is 9.59 Å². The van der Waals surface area contributed by atoms with Crippen molar-refractivity contribution in [1.82, 2.24) is 9.80 Å². The maximum absolute atomic E-state index is 12.4. The van der Waals surface area contributed by atoms with E-state index in [1.54, 1.807) is 6.92 Å². The monoisotopic (exact) mass is 359 g/mol. The number of Topliss-reactive ketones (excluding diaryl/α,β-unsaturated/α-hetero) is 1. The molecule has 0 aromatic heterocycles. The second-order valence-electron chi connectivity index (χ2n) is 7.71. The van der Waals surface area contributed by atoms with Gasteiger partial charge in [0.15, 0.2) is 5.78 Å². The lowest BCUT2D eigenvalue weighted by molar-refractivity contribution is -0.131. The van der Waals surface area contributed by atoms with Gasteiger partial charge in [0, 0.05) is 44.4 Å². The molecule has 0 N–H and O–H groups in total. The van der Waals surface area contributed by atoms with Crippen molar-refractivity contribution in [3.05, 3.63) is 29.8 Å². The fourth-order valence-corrected chi connectivity index (χ4v) is 3.45. The summed E-state index contributed by atoms with van der Waals surface area (Å²) in [5, 5.41) is 0. The number of nitrogens with zero attached hydrogens (tertiary/aromatic N) is 3. The first-order valence-corrected chi connectivity index (χ1v) is 9.61. The molecule has 1 aliphatic heterocycles. The highest BCUT2D eigenvalue weighted by Gasteiger charge is 2.23. The Morgan fingerprint density at radius 2 is 1.65 bits per heavy atom. The van der Waals surface area contributed by atoms with Gasteiger partial charge in [-0.1, -0.05) is 0 Å². The molecule has 0 saturated carbocycles. The Bertz CT molecular complexity index is 590. The minimum absolute atomic E-state index is 0.100. The first-order chi connectivity index (χ1) is 12.4. The Kier molecular flexibility index (Phi) is 7.64. The van der Waals surface area contributed by atoms with Crippen LogP contribution in [0.15, 0.2) is 24.3 Å². The molecule has 0 atom stereocenters. The van der Waals surface area contributed by atoms with Crippen LogP contribution >= 0.6 is 0 Å². The van der Waals surface area contributed by atoms with E-state index in [4.69, 9.17) is 0 Å². The van der Waals surface area contributed by atoms with E-state index in [0.717, 1.165) is 51.0 Å². The number of anilines is 1. The molecule has 0 unspecified atom stereocenters. The third-order valence-corrected chi connectivity index (χ3v) is 5.24. The standard InChI is InChI=1S/C21H33N3O2/c1-17(25)19-6-8-20(9-7-19)24-14-10-18(11-15-24)16-21(26)23(4)13-5-12-22(2)3/h6-9,18H,5,10-16H2,1-4H3. The van der Waals surface area contributed by atoms with Crippen LogP contribution in [0.1, 0.15) is 43.0 Å². The lowest BCUT2D eigenvalue weighted by atomic mass is 9.92. The number of amides is 1. The zero-order chi connectivity index (χ0) is 19.1. The number of carbonyl (C=O) groups excluding carboxylic acids is 2. The number of hydrogen-bond acceptors (Lipinski definition) is 4. The van der Waals surface area contributed by atoms with Gasteiger partial charge in [0.1, 0.15) is 0 Å². The lowest BCUT2D eigenvalue weighted by Gasteiger charge is -2.34. The molecule has 26 heavy (non-hydrogen) atoms. The Balaban J connectivity index is 1.75. The second kappa shape index (κ2) is 9.72. The summed E-state index contributed by atoms with van der Waals surface area (Å²) in [5.41, 5.74) is 1.92. The van der Waals surface area contributed by atoms with Crippen LogP contribution in [0, 0.1) is 5.92 Å². The van der Waals surface area contributed by atoms with Gasteiger partial charge in [0.2, 0.25) is 5.91 Å². The maximum atomic E-state index is 12.4. The van der Waals surface area contributed by atoms with E-state index in [9.17, 15) is 9.59 Å². The number of ketones is 1. The van der Waals surface area contributed by atoms with Gasteiger partial charge >= 0.3 is 0 Å². The second-order valence-corrected chi connectivity index (χ2v) is 7.71. The van der Waals surface area contributed by atoms with E-state index in [1.165, 1.54) is 5.69 Å². The van der Waals surface area contributed by atoms with Crippen LogP contribution in [0.25, 0.3) is 0 Å². The molecule has 5 heteroatoms. The summed E-state index contributed by atoms with van der Waals surface area (Å²) in [6, 6.07) is 7.85. The van der Waals surface area contributed by atoms with E-state index in [0.29, 0.717) is 12.3 Å². The fourth-order valence-electron chi connectivity index (χ4n) is 3.45. The van der Waals surface area contributed by atoms with Crippen LogP contribution in [-0.4, -0.2) is 68.8 Å². The maximum Gasteiger partial charge on any atom is 0.222 e. The highest BCUT2D eigenvalue weighted by molar-refractivity contribution is 5.94. The van der Waals surface area contributed by atoms with Crippen molar-refractivity contribution in [3.63, 3.8) is 0 Å². The summed E-state index contributed by atoms with van der Waals surface area (Å²) in [7, 11) is 6.04. The van der Waals surface area contributed by atoms with Gasteiger partial charge in [-0.25, -0.2) is 0 Å². The third kappa shape index (κ3) is 6.13. The summed E-state index contributed by atoms with van der Waals surface area (Å²) in [5.74, 6) is 0.850. The first kappa shape index (κ1) is 20.4. The normalized spacial score (nSPS) is 15.3. The molecule has 1 heterocycles. The van der Waals surface area contributed by atoms with Crippen molar-refractivity contribution in [2.45, 2.75) is 32.6 Å². The predicted molar refractivity (Wildman–Crippen MR) is 107 cm³/mol. The van der Waals surface area contributed by atoms with Gasteiger partial charge in [-0.05, 0) is 77.0 Å². The van der Waals surface area contributed by atoms with E-state index in [1.807, 2.05) is 36.2 Å². The van der Waals surface area contributed by atoms with Crippen molar-refractivity contribution >= 4 is 17.4 Å². The van der Waals surface area contributed by atoms with Gasteiger partial charge in [-0.2, -0.15) is 0 Å². The Morgan fingerprint density at radius 3 is 2.19 bits per heavy atom. The molecule has 1 aromatic carbocycles. The molecule has 1 saturated heterocycles. The van der Waals surface area contributed by atoms with E-state index >= 15 is 0 Å². The van der Waals surface area contributed by atoms with Gasteiger partial charge < -0.3 is 14.7 Å².